The first kappa shape index (κ1) is 17.9. The van der Waals surface area contributed by atoms with Crippen LogP contribution in [0.25, 0.3) is 0 Å². The molecule has 1 amide bonds. The van der Waals surface area contributed by atoms with Gasteiger partial charge < -0.3 is 5.32 Å². The first-order valence-corrected chi connectivity index (χ1v) is 8.34. The Morgan fingerprint density at radius 3 is 2.29 bits per heavy atom. The maximum atomic E-state index is 12.2. The highest BCUT2D eigenvalue weighted by molar-refractivity contribution is 5.98. The van der Waals surface area contributed by atoms with Crippen molar-refractivity contribution >= 4 is 11.7 Å². The molecule has 0 bridgehead atoms. The number of hydrogen-bond donors (Lipinski definition) is 1. The Morgan fingerprint density at radius 1 is 0.917 bits per heavy atom. The van der Waals surface area contributed by atoms with Crippen LogP contribution in [-0.2, 0) is 4.79 Å². The molecule has 0 aliphatic heterocycles. The van der Waals surface area contributed by atoms with Gasteiger partial charge in [0.25, 0.3) is 0 Å². The summed E-state index contributed by atoms with van der Waals surface area (Å²) in [5.74, 6) is -0.0836. The maximum absolute atomic E-state index is 12.2. The minimum Gasteiger partial charge on any atom is -0.350 e. The van der Waals surface area contributed by atoms with Crippen LogP contribution < -0.4 is 5.32 Å². The fourth-order valence-corrected chi connectivity index (χ4v) is 2.75. The lowest BCUT2D eigenvalue weighted by Gasteiger charge is -2.16. The van der Waals surface area contributed by atoms with Crippen molar-refractivity contribution in [3.8, 4) is 0 Å². The van der Waals surface area contributed by atoms with E-state index in [0.29, 0.717) is 5.56 Å². The first-order chi connectivity index (χ1) is 11.4. The van der Waals surface area contributed by atoms with Gasteiger partial charge in [0.05, 0.1) is 6.04 Å². The number of amides is 1. The van der Waals surface area contributed by atoms with E-state index in [0.717, 1.165) is 22.3 Å². The molecule has 0 aliphatic rings. The van der Waals surface area contributed by atoms with Gasteiger partial charge in [0.1, 0.15) is 0 Å². The van der Waals surface area contributed by atoms with Crippen LogP contribution in [-0.4, -0.2) is 11.7 Å². The van der Waals surface area contributed by atoms with Crippen LogP contribution in [0, 0.1) is 20.8 Å². The quantitative estimate of drug-likeness (QED) is 0.798. The zero-order valence-corrected chi connectivity index (χ0v) is 14.8. The number of benzene rings is 2. The van der Waals surface area contributed by atoms with Crippen LogP contribution in [0.1, 0.15) is 58.4 Å². The highest BCUT2D eigenvalue weighted by Crippen LogP contribution is 2.17. The van der Waals surface area contributed by atoms with Gasteiger partial charge in [-0.15, -0.1) is 0 Å². The average Bonchev–Trinajstić information content (AvgIpc) is 2.55. The SMILES string of the molecule is Cc1ccc(C(=O)CCC(=O)NC(C)c2ccccc2C)cc1C. The lowest BCUT2D eigenvalue weighted by molar-refractivity contribution is -0.121. The van der Waals surface area contributed by atoms with Crippen molar-refractivity contribution in [2.75, 3.05) is 0 Å². The van der Waals surface area contributed by atoms with Gasteiger partial charge in [-0.2, -0.15) is 0 Å². The van der Waals surface area contributed by atoms with Crippen molar-refractivity contribution in [2.24, 2.45) is 0 Å². The van der Waals surface area contributed by atoms with Gasteiger partial charge in [-0.3, -0.25) is 9.59 Å². The van der Waals surface area contributed by atoms with Crippen molar-refractivity contribution in [2.45, 2.75) is 46.6 Å². The van der Waals surface area contributed by atoms with Gasteiger partial charge in [-0.05, 0) is 56.0 Å². The average molecular weight is 323 g/mol. The molecular weight excluding hydrogens is 298 g/mol. The van der Waals surface area contributed by atoms with E-state index >= 15 is 0 Å². The molecule has 0 radical (unpaired) electrons. The number of Topliss-reactive ketones (excluding diaryl/α,β-unsaturated/α-hetero) is 1. The lowest BCUT2D eigenvalue weighted by Crippen LogP contribution is -2.27. The van der Waals surface area contributed by atoms with Crippen molar-refractivity contribution in [1.29, 1.82) is 0 Å². The standard InChI is InChI=1S/C21H25NO2/c1-14-9-10-18(13-16(14)3)20(23)11-12-21(24)22-17(4)19-8-6-5-7-15(19)2/h5-10,13,17H,11-12H2,1-4H3,(H,22,24). The van der Waals surface area contributed by atoms with Gasteiger partial charge in [-0.1, -0.05) is 36.4 Å². The molecule has 1 unspecified atom stereocenters. The minimum atomic E-state index is -0.0945. The topological polar surface area (TPSA) is 46.2 Å². The molecule has 3 heteroatoms. The summed E-state index contributed by atoms with van der Waals surface area (Å²) >= 11 is 0. The van der Waals surface area contributed by atoms with Crippen LogP contribution in [0.3, 0.4) is 0 Å². The number of ketones is 1. The molecule has 0 aliphatic carbocycles. The zero-order valence-electron chi connectivity index (χ0n) is 14.8. The molecule has 0 spiro atoms. The summed E-state index contributed by atoms with van der Waals surface area (Å²) in [4.78, 5) is 24.4. The Balaban J connectivity index is 1.89. The summed E-state index contributed by atoms with van der Waals surface area (Å²) < 4.78 is 0. The summed E-state index contributed by atoms with van der Waals surface area (Å²) in [6, 6.07) is 13.6. The monoisotopic (exact) mass is 323 g/mol. The molecule has 3 nitrogen and oxygen atoms in total. The normalized spacial score (nSPS) is 11.8. The largest absolute Gasteiger partial charge is 0.350 e. The van der Waals surface area contributed by atoms with E-state index in [9.17, 15) is 9.59 Å². The number of nitrogens with one attached hydrogen (secondary N) is 1. The van der Waals surface area contributed by atoms with Gasteiger partial charge in [0.15, 0.2) is 5.78 Å². The molecule has 0 aromatic heterocycles. The fraction of sp³-hybridized carbons (Fsp3) is 0.333. The molecule has 0 heterocycles. The molecule has 2 rings (SSSR count). The van der Waals surface area contributed by atoms with E-state index in [1.165, 1.54) is 0 Å². The van der Waals surface area contributed by atoms with Gasteiger partial charge >= 0.3 is 0 Å². The van der Waals surface area contributed by atoms with Gasteiger partial charge in [0, 0.05) is 18.4 Å². The summed E-state index contributed by atoms with van der Waals surface area (Å²) in [6.07, 6.45) is 0.441. The second-order valence-corrected chi connectivity index (χ2v) is 6.37. The predicted octanol–water partition coefficient (Wildman–Crippen LogP) is 4.45. The molecule has 126 valence electrons. The fourth-order valence-electron chi connectivity index (χ4n) is 2.75. The van der Waals surface area contributed by atoms with Gasteiger partial charge in [-0.25, -0.2) is 0 Å². The third-order valence-electron chi connectivity index (χ3n) is 4.44. The Morgan fingerprint density at radius 2 is 1.62 bits per heavy atom. The molecule has 0 saturated carbocycles. The first-order valence-electron chi connectivity index (χ1n) is 8.34. The van der Waals surface area contributed by atoms with Crippen molar-refractivity contribution in [3.05, 3.63) is 70.3 Å². The highest BCUT2D eigenvalue weighted by atomic mass is 16.2. The summed E-state index contributed by atoms with van der Waals surface area (Å²) in [5, 5.41) is 2.97. The van der Waals surface area contributed by atoms with Crippen LogP contribution in [0.15, 0.2) is 42.5 Å². The molecule has 0 fully saturated rings. The number of carbonyl (C=O) groups excluding carboxylic acids is 2. The molecule has 0 saturated heterocycles. The number of carbonyl (C=O) groups is 2. The Kier molecular flexibility index (Phi) is 5.91. The van der Waals surface area contributed by atoms with Crippen molar-refractivity contribution in [1.82, 2.24) is 5.32 Å². The van der Waals surface area contributed by atoms with E-state index in [1.54, 1.807) is 0 Å². The Bertz CT molecular complexity index is 749. The smallest absolute Gasteiger partial charge is 0.220 e. The van der Waals surface area contributed by atoms with Crippen LogP contribution in [0.4, 0.5) is 0 Å². The van der Waals surface area contributed by atoms with Crippen LogP contribution >= 0.6 is 0 Å². The predicted molar refractivity (Wildman–Crippen MR) is 97.2 cm³/mol. The molecular formula is C21H25NO2. The Hall–Kier alpha value is -2.42. The van der Waals surface area contributed by atoms with Crippen LogP contribution in [0.5, 0.6) is 0 Å². The highest BCUT2D eigenvalue weighted by Gasteiger charge is 2.14. The van der Waals surface area contributed by atoms with E-state index in [2.05, 4.69) is 5.32 Å². The third-order valence-corrected chi connectivity index (χ3v) is 4.44. The second kappa shape index (κ2) is 7.91. The molecule has 24 heavy (non-hydrogen) atoms. The number of hydrogen-bond acceptors (Lipinski definition) is 2. The Labute approximate surface area is 144 Å². The van der Waals surface area contributed by atoms with E-state index < -0.39 is 0 Å². The molecule has 1 atom stereocenters. The van der Waals surface area contributed by atoms with Crippen molar-refractivity contribution < 1.29 is 9.59 Å². The maximum Gasteiger partial charge on any atom is 0.220 e. The van der Waals surface area contributed by atoms with E-state index in [4.69, 9.17) is 0 Å². The minimum absolute atomic E-state index is 0.0109. The zero-order chi connectivity index (χ0) is 17.7. The molecule has 2 aromatic rings. The molecule has 1 N–H and O–H groups in total. The van der Waals surface area contributed by atoms with Gasteiger partial charge in [0.2, 0.25) is 5.91 Å². The summed E-state index contributed by atoms with van der Waals surface area (Å²) in [5.41, 5.74) is 5.19. The van der Waals surface area contributed by atoms with E-state index in [1.807, 2.05) is 70.2 Å². The lowest BCUT2D eigenvalue weighted by atomic mass is 10.0. The summed E-state index contributed by atoms with van der Waals surface area (Å²) in [7, 11) is 0. The number of aryl methyl sites for hydroxylation is 3. The second-order valence-electron chi connectivity index (χ2n) is 6.37. The number of rotatable bonds is 6. The third kappa shape index (κ3) is 4.54. The van der Waals surface area contributed by atoms with Crippen molar-refractivity contribution in [3.63, 3.8) is 0 Å². The van der Waals surface area contributed by atoms with E-state index in [-0.39, 0.29) is 30.6 Å². The van der Waals surface area contributed by atoms with Crippen LogP contribution in [0.2, 0.25) is 0 Å². The molecule has 2 aromatic carbocycles. The summed E-state index contributed by atoms with van der Waals surface area (Å²) in [6.45, 7) is 8.00.